The van der Waals surface area contributed by atoms with E-state index in [1.54, 1.807) is 11.0 Å². The van der Waals surface area contributed by atoms with Crippen molar-refractivity contribution in [2.75, 3.05) is 0 Å². The highest BCUT2D eigenvalue weighted by Crippen LogP contribution is 2.13. The summed E-state index contributed by atoms with van der Waals surface area (Å²) in [6.07, 6.45) is 10.1. The largest absolute Gasteiger partial charge is 0.352 e. The lowest BCUT2D eigenvalue weighted by molar-refractivity contribution is -0.122. The lowest BCUT2D eigenvalue weighted by atomic mass is 10.1. The molecule has 0 aromatic carbocycles. The second-order valence-electron chi connectivity index (χ2n) is 5.06. The van der Waals surface area contributed by atoms with Crippen molar-refractivity contribution in [3.63, 3.8) is 0 Å². The normalized spacial score (nSPS) is 17.7. The molecule has 1 aliphatic rings. The molecule has 1 amide bonds. The molecule has 1 N–H and O–H groups in total. The topological polar surface area (TPSA) is 77.6 Å². The average Bonchev–Trinajstić information content (AvgIpc) is 3.08. The van der Waals surface area contributed by atoms with E-state index in [0.29, 0.717) is 6.42 Å². The van der Waals surface area contributed by atoms with Crippen molar-refractivity contribution >= 4 is 5.91 Å². The van der Waals surface area contributed by atoms with Gasteiger partial charge in [0.2, 0.25) is 5.91 Å². The van der Waals surface area contributed by atoms with Crippen molar-refractivity contribution in [1.29, 1.82) is 0 Å². The Balaban J connectivity index is 1.41. The summed E-state index contributed by atoms with van der Waals surface area (Å²) in [7, 11) is 0. The number of fused-ring (bicyclic) bond motifs is 1. The molecule has 3 heterocycles. The molecule has 0 aliphatic carbocycles. The maximum Gasteiger partial charge on any atom is 0.220 e. The van der Waals surface area contributed by atoms with Gasteiger partial charge in [-0.05, 0) is 12.8 Å². The minimum absolute atomic E-state index is 0.110. The van der Waals surface area contributed by atoms with E-state index >= 15 is 0 Å². The van der Waals surface area contributed by atoms with Crippen LogP contribution in [0.15, 0.2) is 25.0 Å². The Bertz CT molecular complexity index is 561. The minimum Gasteiger partial charge on any atom is -0.352 e. The Kier molecular flexibility index (Phi) is 3.76. The molecular weight excluding hydrogens is 256 g/mol. The van der Waals surface area contributed by atoms with E-state index in [9.17, 15) is 4.79 Å². The summed E-state index contributed by atoms with van der Waals surface area (Å²) in [6, 6.07) is 0.218. The number of rotatable bonds is 5. The predicted molar refractivity (Wildman–Crippen MR) is 71.7 cm³/mol. The van der Waals surface area contributed by atoms with Crippen molar-refractivity contribution in [1.82, 2.24) is 29.6 Å². The molecule has 0 saturated carbocycles. The molecule has 1 aliphatic heterocycles. The molecule has 7 heteroatoms. The van der Waals surface area contributed by atoms with E-state index in [-0.39, 0.29) is 11.9 Å². The Morgan fingerprint density at radius 1 is 1.50 bits per heavy atom. The van der Waals surface area contributed by atoms with Gasteiger partial charge in [0.25, 0.3) is 0 Å². The number of amides is 1. The lowest BCUT2D eigenvalue weighted by Crippen LogP contribution is -2.40. The second-order valence-corrected chi connectivity index (χ2v) is 5.06. The maximum absolute atomic E-state index is 11.9. The van der Waals surface area contributed by atoms with Crippen LogP contribution in [0.3, 0.4) is 0 Å². The van der Waals surface area contributed by atoms with E-state index in [2.05, 4.69) is 25.0 Å². The fourth-order valence-corrected chi connectivity index (χ4v) is 2.53. The number of nitrogens with one attached hydrogen (secondary N) is 1. The van der Waals surface area contributed by atoms with Crippen LogP contribution in [0.1, 0.15) is 25.1 Å². The van der Waals surface area contributed by atoms with Gasteiger partial charge in [-0.25, -0.2) is 9.97 Å². The number of aryl methyl sites for hydroxylation is 2. The molecule has 20 heavy (non-hydrogen) atoms. The maximum atomic E-state index is 11.9. The van der Waals surface area contributed by atoms with Crippen LogP contribution >= 0.6 is 0 Å². The van der Waals surface area contributed by atoms with E-state index in [4.69, 9.17) is 0 Å². The van der Waals surface area contributed by atoms with Crippen molar-refractivity contribution < 1.29 is 4.79 Å². The van der Waals surface area contributed by atoms with Crippen molar-refractivity contribution in [2.24, 2.45) is 0 Å². The first-order valence-corrected chi connectivity index (χ1v) is 6.93. The molecule has 0 fully saturated rings. The second kappa shape index (κ2) is 5.85. The first-order chi connectivity index (χ1) is 9.81. The molecule has 1 atom stereocenters. The molecule has 7 nitrogen and oxygen atoms in total. The Hall–Kier alpha value is -2.18. The van der Waals surface area contributed by atoms with Crippen LogP contribution in [0.25, 0.3) is 0 Å². The summed E-state index contributed by atoms with van der Waals surface area (Å²) in [5.41, 5.74) is 0. The zero-order chi connectivity index (χ0) is 13.8. The zero-order valence-electron chi connectivity index (χ0n) is 11.3. The van der Waals surface area contributed by atoms with E-state index < -0.39 is 0 Å². The van der Waals surface area contributed by atoms with Crippen LogP contribution in [-0.2, 0) is 24.3 Å². The van der Waals surface area contributed by atoms with Crippen LogP contribution in [0.4, 0.5) is 0 Å². The molecule has 0 spiro atoms. The number of carbonyl (C=O) groups is 1. The van der Waals surface area contributed by atoms with Crippen LogP contribution in [0.5, 0.6) is 0 Å². The SMILES string of the molecule is O=C(CCCn1cncn1)NC1CCc2nccn2C1. The zero-order valence-corrected chi connectivity index (χ0v) is 11.3. The van der Waals surface area contributed by atoms with Crippen LogP contribution < -0.4 is 5.32 Å². The Morgan fingerprint density at radius 2 is 2.45 bits per heavy atom. The smallest absolute Gasteiger partial charge is 0.220 e. The summed E-state index contributed by atoms with van der Waals surface area (Å²) in [5, 5.41) is 7.11. The average molecular weight is 274 g/mol. The first kappa shape index (κ1) is 12.8. The molecule has 2 aromatic rings. The van der Waals surface area contributed by atoms with Gasteiger partial charge in [0.05, 0.1) is 0 Å². The highest BCUT2D eigenvalue weighted by molar-refractivity contribution is 5.76. The third kappa shape index (κ3) is 3.04. The fourth-order valence-electron chi connectivity index (χ4n) is 2.53. The Labute approximate surface area is 117 Å². The molecule has 3 rings (SSSR count). The minimum atomic E-state index is 0.110. The number of aromatic nitrogens is 5. The monoisotopic (exact) mass is 274 g/mol. The van der Waals surface area contributed by atoms with Gasteiger partial charge in [-0.2, -0.15) is 5.10 Å². The summed E-state index contributed by atoms with van der Waals surface area (Å²) in [4.78, 5) is 20.1. The van der Waals surface area contributed by atoms with Crippen molar-refractivity contribution in [3.8, 4) is 0 Å². The number of nitrogens with zero attached hydrogens (tertiary/aromatic N) is 5. The number of hydrogen-bond donors (Lipinski definition) is 1. The van der Waals surface area contributed by atoms with Gasteiger partial charge in [-0.1, -0.05) is 0 Å². The third-order valence-electron chi connectivity index (χ3n) is 3.56. The molecule has 106 valence electrons. The van der Waals surface area contributed by atoms with Gasteiger partial charge in [0.1, 0.15) is 18.5 Å². The Morgan fingerprint density at radius 3 is 3.30 bits per heavy atom. The number of carbonyl (C=O) groups excluding carboxylic acids is 1. The van der Waals surface area contributed by atoms with E-state index in [0.717, 1.165) is 38.2 Å². The quantitative estimate of drug-likeness (QED) is 0.855. The molecule has 0 bridgehead atoms. The molecule has 2 aromatic heterocycles. The van der Waals surface area contributed by atoms with Gasteiger partial charge in [-0.3, -0.25) is 9.48 Å². The van der Waals surface area contributed by atoms with Crippen LogP contribution in [-0.4, -0.2) is 36.3 Å². The first-order valence-electron chi connectivity index (χ1n) is 6.93. The standard InChI is InChI=1S/C13H18N6O/c20-13(2-1-6-19-10-14-9-16-19)17-11-3-4-12-15-5-7-18(12)8-11/h5,7,9-11H,1-4,6,8H2,(H,17,20). The van der Waals surface area contributed by atoms with Gasteiger partial charge >= 0.3 is 0 Å². The van der Waals surface area contributed by atoms with Gasteiger partial charge in [0, 0.05) is 44.4 Å². The predicted octanol–water partition coefficient (Wildman–Crippen LogP) is 0.386. The number of hydrogen-bond acceptors (Lipinski definition) is 4. The summed E-state index contributed by atoms with van der Waals surface area (Å²) in [5.74, 6) is 1.22. The molecule has 0 radical (unpaired) electrons. The molecular formula is C13H18N6O. The van der Waals surface area contributed by atoms with Crippen molar-refractivity contribution in [3.05, 3.63) is 30.9 Å². The lowest BCUT2D eigenvalue weighted by Gasteiger charge is -2.24. The van der Waals surface area contributed by atoms with Gasteiger partial charge in [-0.15, -0.1) is 0 Å². The van der Waals surface area contributed by atoms with E-state index in [1.165, 1.54) is 6.33 Å². The molecule has 1 unspecified atom stereocenters. The van der Waals surface area contributed by atoms with E-state index in [1.807, 2.05) is 12.4 Å². The highest BCUT2D eigenvalue weighted by atomic mass is 16.1. The van der Waals surface area contributed by atoms with Gasteiger partial charge < -0.3 is 9.88 Å². The summed E-state index contributed by atoms with van der Waals surface area (Å²) >= 11 is 0. The molecule has 0 saturated heterocycles. The number of imidazole rings is 1. The summed E-state index contributed by atoms with van der Waals surface area (Å²) in [6.45, 7) is 1.55. The highest BCUT2D eigenvalue weighted by Gasteiger charge is 2.19. The fraction of sp³-hybridized carbons (Fsp3) is 0.538. The van der Waals surface area contributed by atoms with Crippen molar-refractivity contribution in [2.45, 2.75) is 44.8 Å². The third-order valence-corrected chi connectivity index (χ3v) is 3.56. The van der Waals surface area contributed by atoms with Crippen LogP contribution in [0, 0.1) is 0 Å². The summed E-state index contributed by atoms with van der Waals surface area (Å²) < 4.78 is 3.86. The van der Waals surface area contributed by atoms with Gasteiger partial charge in [0.15, 0.2) is 0 Å². The van der Waals surface area contributed by atoms with Crippen LogP contribution in [0.2, 0.25) is 0 Å².